The van der Waals surface area contributed by atoms with Crippen LogP contribution in [-0.4, -0.2) is 18.6 Å². The Morgan fingerprint density at radius 1 is 1.15 bits per heavy atom. The van der Waals surface area contributed by atoms with Gasteiger partial charge in [0.25, 0.3) is 0 Å². The predicted molar refractivity (Wildman–Crippen MR) is 85.1 cm³/mol. The average Bonchev–Trinajstić information content (AvgIpc) is 2.40. The summed E-state index contributed by atoms with van der Waals surface area (Å²) < 4.78 is 0. The van der Waals surface area contributed by atoms with Gasteiger partial charge in [-0.2, -0.15) is 0 Å². The Labute approximate surface area is 121 Å². The maximum absolute atomic E-state index is 6.02. The van der Waals surface area contributed by atoms with Crippen molar-refractivity contribution in [1.29, 1.82) is 0 Å². The number of benzene rings is 1. The van der Waals surface area contributed by atoms with Gasteiger partial charge in [0.2, 0.25) is 0 Å². The van der Waals surface area contributed by atoms with E-state index in [0.717, 1.165) is 0 Å². The van der Waals surface area contributed by atoms with E-state index in [-0.39, 0.29) is 6.04 Å². The molecule has 2 N–H and O–H groups in total. The molecule has 1 unspecified atom stereocenters. The highest BCUT2D eigenvalue weighted by Crippen LogP contribution is 2.27. The molecule has 0 aliphatic heterocycles. The SMILES string of the molecule is Cc1cc(C)cc(N(C)C(CN)c2cnccc2C)c1. The molecule has 0 aliphatic carbocycles. The smallest absolute Gasteiger partial charge is 0.0679 e. The van der Waals surface area contributed by atoms with Crippen molar-refractivity contribution in [2.24, 2.45) is 5.73 Å². The Balaban J connectivity index is 2.39. The lowest BCUT2D eigenvalue weighted by atomic mass is 10.0. The summed E-state index contributed by atoms with van der Waals surface area (Å²) in [5, 5.41) is 0. The van der Waals surface area contributed by atoms with Crippen molar-refractivity contribution in [3.8, 4) is 0 Å². The van der Waals surface area contributed by atoms with Crippen molar-refractivity contribution in [3.63, 3.8) is 0 Å². The lowest BCUT2D eigenvalue weighted by Gasteiger charge is -2.30. The van der Waals surface area contributed by atoms with Crippen LogP contribution in [0.1, 0.15) is 28.3 Å². The third-order valence-corrected chi connectivity index (χ3v) is 3.74. The van der Waals surface area contributed by atoms with Crippen LogP contribution in [0.2, 0.25) is 0 Å². The molecule has 3 heteroatoms. The lowest BCUT2D eigenvalue weighted by Crippen LogP contribution is -2.31. The van der Waals surface area contributed by atoms with Crippen molar-refractivity contribution >= 4 is 5.69 Å². The molecule has 3 nitrogen and oxygen atoms in total. The summed E-state index contributed by atoms with van der Waals surface area (Å²) in [6.07, 6.45) is 3.75. The standard InChI is InChI=1S/C17H23N3/c1-12-7-13(2)9-15(8-12)20(4)17(10-18)16-11-19-6-5-14(16)3/h5-9,11,17H,10,18H2,1-4H3. The minimum atomic E-state index is 0.143. The number of rotatable bonds is 4. The quantitative estimate of drug-likeness (QED) is 0.927. The molecule has 0 saturated carbocycles. The number of hydrogen-bond donors (Lipinski definition) is 1. The van der Waals surface area contributed by atoms with E-state index in [4.69, 9.17) is 5.73 Å². The van der Waals surface area contributed by atoms with Gasteiger partial charge in [0.1, 0.15) is 0 Å². The molecular weight excluding hydrogens is 246 g/mol. The number of nitrogens with two attached hydrogens (primary N) is 1. The van der Waals surface area contributed by atoms with Crippen LogP contribution in [-0.2, 0) is 0 Å². The van der Waals surface area contributed by atoms with Gasteiger partial charge in [-0.15, -0.1) is 0 Å². The molecule has 2 aromatic rings. The van der Waals surface area contributed by atoms with Crippen LogP contribution < -0.4 is 10.6 Å². The lowest BCUT2D eigenvalue weighted by molar-refractivity contribution is 0.673. The number of pyridine rings is 1. The van der Waals surface area contributed by atoms with Gasteiger partial charge in [-0.25, -0.2) is 0 Å². The second-order valence-electron chi connectivity index (χ2n) is 5.44. The summed E-state index contributed by atoms with van der Waals surface area (Å²) in [5.74, 6) is 0. The molecule has 1 atom stereocenters. The average molecular weight is 269 g/mol. The van der Waals surface area contributed by atoms with Crippen molar-refractivity contribution in [2.75, 3.05) is 18.5 Å². The number of anilines is 1. The van der Waals surface area contributed by atoms with Gasteiger partial charge in [-0.1, -0.05) is 6.07 Å². The van der Waals surface area contributed by atoms with E-state index in [1.54, 1.807) is 0 Å². The van der Waals surface area contributed by atoms with Gasteiger partial charge in [-0.05, 0) is 61.2 Å². The second-order valence-corrected chi connectivity index (χ2v) is 5.44. The molecule has 0 saturated heterocycles. The molecule has 0 amide bonds. The van der Waals surface area contributed by atoms with E-state index < -0.39 is 0 Å². The van der Waals surface area contributed by atoms with E-state index in [1.165, 1.54) is 27.9 Å². The van der Waals surface area contributed by atoms with E-state index in [1.807, 2.05) is 18.5 Å². The number of nitrogens with zero attached hydrogens (tertiary/aromatic N) is 2. The van der Waals surface area contributed by atoms with Gasteiger partial charge < -0.3 is 10.6 Å². The Morgan fingerprint density at radius 2 is 1.80 bits per heavy atom. The highest BCUT2D eigenvalue weighted by Gasteiger charge is 2.18. The van der Waals surface area contributed by atoms with Crippen LogP contribution in [0.3, 0.4) is 0 Å². The zero-order valence-corrected chi connectivity index (χ0v) is 12.7. The third-order valence-electron chi connectivity index (χ3n) is 3.74. The molecule has 0 spiro atoms. The maximum atomic E-state index is 6.02. The van der Waals surface area contributed by atoms with Crippen LogP contribution in [0, 0.1) is 20.8 Å². The molecule has 0 fully saturated rings. The number of likely N-dealkylation sites (N-methyl/N-ethyl adjacent to an activating group) is 1. The number of hydrogen-bond acceptors (Lipinski definition) is 3. The van der Waals surface area contributed by atoms with Crippen molar-refractivity contribution in [3.05, 3.63) is 58.9 Å². The highest BCUT2D eigenvalue weighted by molar-refractivity contribution is 5.52. The highest BCUT2D eigenvalue weighted by atomic mass is 15.1. The predicted octanol–water partition coefficient (Wildman–Crippen LogP) is 3.14. The first-order chi connectivity index (χ1) is 9.52. The van der Waals surface area contributed by atoms with Crippen LogP contribution >= 0.6 is 0 Å². The molecular formula is C17H23N3. The molecule has 2 rings (SSSR count). The molecule has 1 heterocycles. The molecule has 20 heavy (non-hydrogen) atoms. The minimum Gasteiger partial charge on any atom is -0.366 e. The first-order valence-corrected chi connectivity index (χ1v) is 6.94. The van der Waals surface area contributed by atoms with E-state index in [0.29, 0.717) is 6.54 Å². The summed E-state index contributed by atoms with van der Waals surface area (Å²) in [6, 6.07) is 8.75. The van der Waals surface area contributed by atoms with Gasteiger partial charge in [-0.3, -0.25) is 4.98 Å². The number of aromatic nitrogens is 1. The number of aryl methyl sites for hydroxylation is 3. The zero-order valence-electron chi connectivity index (χ0n) is 12.7. The fourth-order valence-corrected chi connectivity index (χ4v) is 2.65. The van der Waals surface area contributed by atoms with Crippen molar-refractivity contribution in [2.45, 2.75) is 26.8 Å². The zero-order chi connectivity index (χ0) is 14.7. The van der Waals surface area contributed by atoms with E-state index >= 15 is 0 Å². The minimum absolute atomic E-state index is 0.143. The van der Waals surface area contributed by atoms with Crippen molar-refractivity contribution < 1.29 is 0 Å². The molecule has 1 aromatic heterocycles. The van der Waals surface area contributed by atoms with Crippen molar-refractivity contribution in [1.82, 2.24) is 4.98 Å². The first-order valence-electron chi connectivity index (χ1n) is 6.94. The Bertz CT molecular complexity index is 572. The first kappa shape index (κ1) is 14.5. The Kier molecular flexibility index (Phi) is 4.40. The summed E-state index contributed by atoms with van der Waals surface area (Å²) in [6.45, 7) is 6.92. The molecule has 0 bridgehead atoms. The maximum Gasteiger partial charge on any atom is 0.0679 e. The van der Waals surface area contributed by atoms with Gasteiger partial charge >= 0.3 is 0 Å². The van der Waals surface area contributed by atoms with Crippen LogP contribution in [0.5, 0.6) is 0 Å². The summed E-state index contributed by atoms with van der Waals surface area (Å²) in [4.78, 5) is 6.48. The fourth-order valence-electron chi connectivity index (χ4n) is 2.65. The molecule has 106 valence electrons. The third kappa shape index (κ3) is 2.99. The normalized spacial score (nSPS) is 12.2. The summed E-state index contributed by atoms with van der Waals surface area (Å²) in [7, 11) is 2.10. The summed E-state index contributed by atoms with van der Waals surface area (Å²) >= 11 is 0. The van der Waals surface area contributed by atoms with Gasteiger partial charge in [0.05, 0.1) is 6.04 Å². The molecule has 0 radical (unpaired) electrons. The van der Waals surface area contributed by atoms with Crippen LogP contribution in [0.15, 0.2) is 36.7 Å². The van der Waals surface area contributed by atoms with E-state index in [9.17, 15) is 0 Å². The van der Waals surface area contributed by atoms with Gasteiger partial charge in [0.15, 0.2) is 0 Å². The topological polar surface area (TPSA) is 42.1 Å². The summed E-state index contributed by atoms with van der Waals surface area (Å²) in [5.41, 5.74) is 12.2. The molecule has 1 aromatic carbocycles. The van der Waals surface area contributed by atoms with Crippen LogP contribution in [0.25, 0.3) is 0 Å². The largest absolute Gasteiger partial charge is 0.366 e. The van der Waals surface area contributed by atoms with Gasteiger partial charge in [0, 0.05) is 31.7 Å². The molecule has 0 aliphatic rings. The Hall–Kier alpha value is -1.87. The second kappa shape index (κ2) is 6.06. The van der Waals surface area contributed by atoms with E-state index in [2.05, 4.69) is 55.9 Å². The fraction of sp³-hybridized carbons (Fsp3) is 0.353. The van der Waals surface area contributed by atoms with Crippen LogP contribution in [0.4, 0.5) is 5.69 Å². The Morgan fingerprint density at radius 3 is 2.35 bits per heavy atom. The monoisotopic (exact) mass is 269 g/mol.